The number of anilines is 2. The Morgan fingerprint density at radius 2 is 1.61 bits per heavy atom. The van der Waals surface area contributed by atoms with Gasteiger partial charge >= 0.3 is 6.00 Å². The first-order chi connectivity index (χ1) is 8.54. The summed E-state index contributed by atoms with van der Waals surface area (Å²) < 4.78 is 5.77. The van der Waals surface area contributed by atoms with E-state index in [0.29, 0.717) is 0 Å². The minimum absolute atomic E-state index is 0.737. The maximum absolute atomic E-state index is 6.00. The minimum atomic E-state index is -2.86. The van der Waals surface area contributed by atoms with Gasteiger partial charge in [0.25, 0.3) is 0 Å². The van der Waals surface area contributed by atoms with Crippen LogP contribution in [0.3, 0.4) is 0 Å². The van der Waals surface area contributed by atoms with E-state index in [9.17, 15) is 0 Å². The fourth-order valence-corrected chi connectivity index (χ4v) is 3.45. The lowest BCUT2D eigenvalue weighted by molar-refractivity contribution is 0.481. The van der Waals surface area contributed by atoms with Gasteiger partial charge in [-0.15, -0.1) is 33.2 Å². The van der Waals surface area contributed by atoms with Gasteiger partial charge in [0.05, 0.1) is 11.4 Å². The number of halogens is 3. The number of nitrogens with one attached hydrogen (secondary N) is 1. The van der Waals surface area contributed by atoms with Crippen LogP contribution in [-0.2, 0) is 0 Å². The topological polar surface area (TPSA) is 21.3 Å². The zero-order valence-electron chi connectivity index (χ0n) is 9.08. The number of rotatable bonds is 1. The first-order valence-electron chi connectivity index (χ1n) is 5.29. The molecule has 0 saturated carbocycles. The Balaban J connectivity index is 2.04. The quantitative estimate of drug-likeness (QED) is 0.531. The molecule has 2 aromatic carbocycles. The summed E-state index contributed by atoms with van der Waals surface area (Å²) >= 11 is 18.0. The van der Waals surface area contributed by atoms with Crippen LogP contribution >= 0.6 is 33.2 Å². The lowest BCUT2D eigenvalue weighted by Gasteiger charge is -2.22. The van der Waals surface area contributed by atoms with E-state index in [1.165, 1.54) is 0 Å². The number of hydrogen-bond acceptors (Lipinski definition) is 2. The van der Waals surface area contributed by atoms with Crippen LogP contribution in [0.1, 0.15) is 0 Å². The molecular weight excluding hydrogens is 309 g/mol. The summed E-state index contributed by atoms with van der Waals surface area (Å²) in [6.07, 6.45) is 0. The van der Waals surface area contributed by atoms with Crippen molar-refractivity contribution in [1.82, 2.24) is 0 Å². The van der Waals surface area contributed by atoms with Crippen molar-refractivity contribution in [2.45, 2.75) is 0 Å². The molecular formula is C12H8Cl3NOSi. The number of para-hydroxylation sites is 2. The Morgan fingerprint density at radius 1 is 0.889 bits per heavy atom. The van der Waals surface area contributed by atoms with Crippen LogP contribution in [-0.4, -0.2) is 6.00 Å². The third-order valence-electron chi connectivity index (χ3n) is 2.68. The summed E-state index contributed by atoms with van der Waals surface area (Å²) in [5, 5.41) is 4.01. The smallest absolute Gasteiger partial charge is 0.372 e. The molecule has 1 aliphatic rings. The second-order valence-corrected chi connectivity index (χ2v) is 12.3. The van der Waals surface area contributed by atoms with Crippen molar-refractivity contribution in [3.8, 4) is 11.5 Å². The van der Waals surface area contributed by atoms with Gasteiger partial charge in [-0.25, -0.2) is 0 Å². The van der Waals surface area contributed by atoms with E-state index in [1.54, 1.807) is 6.07 Å². The van der Waals surface area contributed by atoms with Crippen molar-refractivity contribution >= 4 is 55.8 Å². The molecule has 0 fully saturated rings. The summed E-state index contributed by atoms with van der Waals surface area (Å²) in [4.78, 5) is 0. The van der Waals surface area contributed by atoms with Crippen LogP contribution in [0.4, 0.5) is 11.4 Å². The van der Waals surface area contributed by atoms with E-state index in [1.807, 2.05) is 36.4 Å². The molecule has 0 aromatic heterocycles. The molecule has 3 rings (SSSR count). The van der Waals surface area contributed by atoms with E-state index in [-0.39, 0.29) is 0 Å². The average Bonchev–Trinajstić information content (AvgIpc) is 2.34. The predicted octanol–water partition coefficient (Wildman–Crippen LogP) is 4.40. The van der Waals surface area contributed by atoms with Crippen LogP contribution in [0.25, 0.3) is 0 Å². The first kappa shape index (κ1) is 12.2. The van der Waals surface area contributed by atoms with Gasteiger partial charge in [-0.3, -0.25) is 0 Å². The van der Waals surface area contributed by atoms with Gasteiger partial charge in [-0.05, 0) is 29.5 Å². The normalized spacial score (nSPS) is 13.1. The molecule has 1 heterocycles. The maximum Gasteiger partial charge on any atom is 0.372 e. The molecule has 0 saturated heterocycles. The molecule has 0 spiro atoms. The van der Waals surface area contributed by atoms with Crippen LogP contribution in [0, 0.1) is 0 Å². The standard InChI is InChI=1S/C12H8Cl3NOSi/c13-18(14,15)8-5-6-12-10(7-8)16-9-3-1-2-4-11(9)17-12/h1-7,16H. The molecule has 18 heavy (non-hydrogen) atoms. The van der Waals surface area contributed by atoms with E-state index < -0.39 is 6.00 Å². The Bertz CT molecular complexity index is 613. The number of hydrogen-bond donors (Lipinski definition) is 1. The summed E-state index contributed by atoms with van der Waals surface area (Å²) in [7, 11) is 0. The van der Waals surface area contributed by atoms with E-state index in [4.69, 9.17) is 38.0 Å². The van der Waals surface area contributed by atoms with Crippen LogP contribution < -0.4 is 15.2 Å². The summed E-state index contributed by atoms with van der Waals surface area (Å²) in [5.74, 6) is 1.53. The van der Waals surface area contributed by atoms with E-state index in [0.717, 1.165) is 28.1 Å². The number of benzene rings is 2. The van der Waals surface area contributed by atoms with Gasteiger partial charge in [0, 0.05) is 0 Å². The van der Waals surface area contributed by atoms with Gasteiger partial charge in [0.15, 0.2) is 11.5 Å². The Hall–Kier alpha value is -0.873. The van der Waals surface area contributed by atoms with Gasteiger partial charge in [0.2, 0.25) is 0 Å². The molecule has 0 aliphatic carbocycles. The van der Waals surface area contributed by atoms with Gasteiger partial charge in [-0.1, -0.05) is 18.2 Å². The van der Waals surface area contributed by atoms with Crippen LogP contribution in [0.15, 0.2) is 42.5 Å². The maximum atomic E-state index is 6.00. The van der Waals surface area contributed by atoms with E-state index >= 15 is 0 Å². The molecule has 0 bridgehead atoms. The van der Waals surface area contributed by atoms with E-state index in [2.05, 4.69) is 5.32 Å². The lowest BCUT2D eigenvalue weighted by Crippen LogP contribution is -2.30. The third-order valence-corrected chi connectivity index (χ3v) is 5.61. The van der Waals surface area contributed by atoms with Crippen LogP contribution in [0.2, 0.25) is 0 Å². The van der Waals surface area contributed by atoms with Crippen molar-refractivity contribution < 1.29 is 4.74 Å². The van der Waals surface area contributed by atoms with Gasteiger partial charge in [0.1, 0.15) is 0 Å². The lowest BCUT2D eigenvalue weighted by atomic mass is 10.2. The fraction of sp³-hybridized carbons (Fsp3) is 0. The SMILES string of the molecule is Cl[Si](Cl)(Cl)c1ccc2c(c1)Nc1ccccc1O2. The Morgan fingerprint density at radius 3 is 2.39 bits per heavy atom. The highest BCUT2D eigenvalue weighted by atomic mass is 35.8. The molecule has 0 radical (unpaired) electrons. The zero-order chi connectivity index (χ0) is 12.8. The number of ether oxygens (including phenoxy) is 1. The zero-order valence-corrected chi connectivity index (χ0v) is 12.4. The summed E-state index contributed by atoms with van der Waals surface area (Å²) in [5.41, 5.74) is 1.73. The molecule has 92 valence electrons. The van der Waals surface area contributed by atoms with Crippen molar-refractivity contribution in [3.63, 3.8) is 0 Å². The third kappa shape index (κ3) is 2.19. The molecule has 0 unspecified atom stereocenters. The molecule has 2 nitrogen and oxygen atoms in total. The molecule has 6 heteroatoms. The largest absolute Gasteiger partial charge is 0.453 e. The molecule has 1 N–H and O–H groups in total. The summed E-state index contributed by atoms with van der Waals surface area (Å²) in [6, 6.07) is 10.3. The second-order valence-electron chi connectivity index (χ2n) is 3.93. The predicted molar refractivity (Wildman–Crippen MR) is 79.2 cm³/mol. The first-order valence-corrected chi connectivity index (χ1v) is 10.3. The Labute approximate surface area is 120 Å². The molecule has 1 aliphatic heterocycles. The monoisotopic (exact) mass is 315 g/mol. The van der Waals surface area contributed by atoms with Crippen molar-refractivity contribution in [2.24, 2.45) is 0 Å². The molecule has 0 amide bonds. The Kier molecular flexibility index (Phi) is 2.94. The minimum Gasteiger partial charge on any atom is -0.453 e. The van der Waals surface area contributed by atoms with Crippen molar-refractivity contribution in [2.75, 3.05) is 5.32 Å². The van der Waals surface area contributed by atoms with Crippen LogP contribution in [0.5, 0.6) is 11.5 Å². The average molecular weight is 317 g/mol. The second kappa shape index (κ2) is 4.35. The number of fused-ring (bicyclic) bond motifs is 2. The summed E-state index contributed by atoms with van der Waals surface area (Å²) in [6.45, 7) is 0. The highest BCUT2D eigenvalue weighted by Gasteiger charge is 2.29. The highest BCUT2D eigenvalue weighted by Crippen LogP contribution is 2.41. The van der Waals surface area contributed by atoms with Gasteiger partial charge < -0.3 is 10.1 Å². The molecule has 0 atom stereocenters. The van der Waals surface area contributed by atoms with Crippen molar-refractivity contribution in [3.05, 3.63) is 42.5 Å². The van der Waals surface area contributed by atoms with Gasteiger partial charge in [-0.2, -0.15) is 0 Å². The fourth-order valence-electron chi connectivity index (χ4n) is 1.82. The highest BCUT2D eigenvalue weighted by molar-refractivity contribution is 7.69. The van der Waals surface area contributed by atoms with Crippen molar-refractivity contribution in [1.29, 1.82) is 0 Å². The molecule has 2 aromatic rings.